The van der Waals surface area contributed by atoms with Crippen molar-refractivity contribution in [2.24, 2.45) is 0 Å². The SMILES string of the molecule is COc1ccccc1-c1n[nH]c(=S)n1NCc1cc(Br)ccc1OCc1ccc(Cl)c(Cl)c1. The van der Waals surface area contributed by atoms with Crippen molar-refractivity contribution >= 4 is 51.3 Å². The number of rotatable bonds is 8. The van der Waals surface area contributed by atoms with Gasteiger partial charge >= 0.3 is 0 Å². The van der Waals surface area contributed by atoms with Crippen LogP contribution in [0.1, 0.15) is 11.1 Å². The Morgan fingerprint density at radius 1 is 1.06 bits per heavy atom. The third-order valence-electron chi connectivity index (χ3n) is 4.85. The first-order valence-electron chi connectivity index (χ1n) is 9.86. The molecule has 4 aromatic rings. The lowest BCUT2D eigenvalue weighted by atomic mass is 10.2. The Balaban J connectivity index is 1.56. The van der Waals surface area contributed by atoms with E-state index in [1.807, 2.05) is 48.5 Å². The smallest absolute Gasteiger partial charge is 0.214 e. The van der Waals surface area contributed by atoms with Crippen LogP contribution in [0.2, 0.25) is 10.0 Å². The molecular formula is C23H19BrCl2N4O2S. The molecule has 3 aromatic carbocycles. The van der Waals surface area contributed by atoms with Crippen molar-refractivity contribution in [3.05, 3.63) is 91.1 Å². The van der Waals surface area contributed by atoms with Crippen LogP contribution in [-0.2, 0) is 13.2 Å². The maximum absolute atomic E-state index is 6.12. The number of methoxy groups -OCH3 is 1. The van der Waals surface area contributed by atoms with Gasteiger partial charge in [-0.15, -0.1) is 0 Å². The van der Waals surface area contributed by atoms with Gasteiger partial charge in [-0.2, -0.15) is 5.10 Å². The van der Waals surface area contributed by atoms with Crippen LogP contribution in [0.5, 0.6) is 11.5 Å². The summed E-state index contributed by atoms with van der Waals surface area (Å²) in [4.78, 5) is 0. The lowest BCUT2D eigenvalue weighted by Crippen LogP contribution is -2.16. The summed E-state index contributed by atoms with van der Waals surface area (Å²) in [6.07, 6.45) is 0. The second-order valence-corrected chi connectivity index (χ2v) is 9.13. The standard InChI is InChI=1S/C23H19BrCl2N4O2S/c1-31-21-5-3-2-4-17(21)22-28-29-23(33)30(22)27-12-15-11-16(24)7-9-20(15)32-13-14-6-8-18(25)19(26)10-14/h2-11,27H,12-13H2,1H3,(H,29,33). The van der Waals surface area contributed by atoms with Crippen molar-refractivity contribution < 1.29 is 9.47 Å². The summed E-state index contributed by atoms with van der Waals surface area (Å²) < 4.78 is 14.6. The Morgan fingerprint density at radius 3 is 2.67 bits per heavy atom. The first-order chi connectivity index (χ1) is 16.0. The quantitative estimate of drug-likeness (QED) is 0.225. The van der Waals surface area contributed by atoms with Crippen LogP contribution >= 0.6 is 51.3 Å². The van der Waals surface area contributed by atoms with Gasteiger partial charge < -0.3 is 14.9 Å². The number of hydrogen-bond acceptors (Lipinski definition) is 5. The Morgan fingerprint density at radius 2 is 1.88 bits per heavy atom. The summed E-state index contributed by atoms with van der Waals surface area (Å²) in [7, 11) is 1.62. The van der Waals surface area contributed by atoms with Crippen LogP contribution in [0.25, 0.3) is 11.4 Å². The highest BCUT2D eigenvalue weighted by Gasteiger charge is 2.14. The van der Waals surface area contributed by atoms with Gasteiger partial charge in [0.2, 0.25) is 4.77 Å². The number of aromatic nitrogens is 3. The van der Waals surface area contributed by atoms with Crippen molar-refractivity contribution in [2.75, 3.05) is 12.5 Å². The van der Waals surface area contributed by atoms with Gasteiger partial charge in [-0.05, 0) is 60.2 Å². The van der Waals surface area contributed by atoms with Gasteiger partial charge in [-0.1, -0.05) is 57.3 Å². The van der Waals surface area contributed by atoms with Crippen LogP contribution in [-0.4, -0.2) is 22.0 Å². The van der Waals surface area contributed by atoms with Gasteiger partial charge in [0.1, 0.15) is 18.1 Å². The fraction of sp³-hybridized carbons (Fsp3) is 0.130. The Kier molecular flexibility index (Phi) is 7.60. The highest BCUT2D eigenvalue weighted by Crippen LogP contribution is 2.29. The molecule has 0 saturated carbocycles. The lowest BCUT2D eigenvalue weighted by Gasteiger charge is -2.15. The van der Waals surface area contributed by atoms with Gasteiger partial charge in [-0.25, -0.2) is 9.77 Å². The van der Waals surface area contributed by atoms with Crippen molar-refractivity contribution in [3.8, 4) is 22.9 Å². The number of benzene rings is 3. The number of ether oxygens (including phenoxy) is 2. The molecule has 0 atom stereocenters. The predicted octanol–water partition coefficient (Wildman–Crippen LogP) is 7.01. The molecule has 33 heavy (non-hydrogen) atoms. The topological polar surface area (TPSA) is 64.1 Å². The number of aromatic amines is 1. The average molecular weight is 566 g/mol. The highest BCUT2D eigenvalue weighted by molar-refractivity contribution is 9.10. The van der Waals surface area contributed by atoms with Crippen molar-refractivity contribution in [3.63, 3.8) is 0 Å². The normalized spacial score (nSPS) is 10.8. The minimum Gasteiger partial charge on any atom is -0.496 e. The molecule has 0 aliphatic heterocycles. The van der Waals surface area contributed by atoms with Gasteiger partial charge in [0.15, 0.2) is 5.82 Å². The van der Waals surface area contributed by atoms with Gasteiger partial charge in [-0.3, -0.25) is 0 Å². The van der Waals surface area contributed by atoms with E-state index in [-0.39, 0.29) is 0 Å². The van der Waals surface area contributed by atoms with E-state index in [4.69, 9.17) is 44.9 Å². The van der Waals surface area contributed by atoms with Crippen LogP contribution in [0.3, 0.4) is 0 Å². The van der Waals surface area contributed by atoms with Gasteiger partial charge in [0.05, 0.1) is 29.3 Å². The molecule has 170 valence electrons. The molecule has 0 saturated heterocycles. The molecule has 0 spiro atoms. The number of hydrogen-bond donors (Lipinski definition) is 2. The van der Waals surface area contributed by atoms with Crippen molar-refractivity contribution in [2.45, 2.75) is 13.2 Å². The number of halogens is 3. The molecule has 2 N–H and O–H groups in total. The molecule has 0 radical (unpaired) electrons. The monoisotopic (exact) mass is 564 g/mol. The van der Waals surface area contributed by atoms with Crippen LogP contribution in [0.15, 0.2) is 65.1 Å². The maximum Gasteiger partial charge on any atom is 0.214 e. The first-order valence-corrected chi connectivity index (χ1v) is 11.8. The molecule has 10 heteroatoms. The molecule has 0 amide bonds. The van der Waals surface area contributed by atoms with E-state index in [1.165, 1.54) is 0 Å². The Bertz CT molecular complexity index is 1340. The third-order valence-corrected chi connectivity index (χ3v) is 6.35. The van der Waals surface area contributed by atoms with Crippen LogP contribution < -0.4 is 14.9 Å². The largest absolute Gasteiger partial charge is 0.496 e. The number of para-hydroxylation sites is 1. The number of nitrogens with zero attached hydrogens (tertiary/aromatic N) is 2. The molecule has 0 bridgehead atoms. The molecular weight excluding hydrogens is 547 g/mol. The summed E-state index contributed by atoms with van der Waals surface area (Å²) >= 11 is 21.1. The minimum absolute atomic E-state index is 0.350. The second-order valence-electron chi connectivity index (χ2n) is 7.01. The van der Waals surface area contributed by atoms with E-state index in [1.54, 1.807) is 23.9 Å². The van der Waals surface area contributed by atoms with E-state index in [2.05, 4.69) is 31.6 Å². The summed E-state index contributed by atoms with van der Waals surface area (Å²) in [5.41, 5.74) is 5.99. The summed E-state index contributed by atoms with van der Waals surface area (Å²) in [6.45, 7) is 0.787. The molecule has 0 aliphatic carbocycles. The zero-order valence-electron chi connectivity index (χ0n) is 17.4. The maximum atomic E-state index is 6.12. The van der Waals surface area contributed by atoms with E-state index in [0.29, 0.717) is 39.5 Å². The van der Waals surface area contributed by atoms with Gasteiger partial charge in [0, 0.05) is 10.0 Å². The summed E-state index contributed by atoms with van der Waals surface area (Å²) in [5.74, 6) is 2.04. The zero-order valence-corrected chi connectivity index (χ0v) is 21.4. The Labute approximate surface area is 214 Å². The molecule has 0 aliphatic rings. The van der Waals surface area contributed by atoms with E-state index >= 15 is 0 Å². The molecule has 1 heterocycles. The average Bonchev–Trinajstić information content (AvgIpc) is 3.19. The minimum atomic E-state index is 0.350. The molecule has 1 aromatic heterocycles. The fourth-order valence-electron chi connectivity index (χ4n) is 3.24. The molecule has 0 fully saturated rings. The van der Waals surface area contributed by atoms with E-state index in [9.17, 15) is 0 Å². The van der Waals surface area contributed by atoms with Crippen LogP contribution in [0.4, 0.5) is 0 Å². The fourth-order valence-corrected chi connectivity index (χ4v) is 4.16. The van der Waals surface area contributed by atoms with Crippen molar-refractivity contribution in [1.29, 1.82) is 0 Å². The third kappa shape index (κ3) is 5.52. The van der Waals surface area contributed by atoms with Crippen LogP contribution in [0, 0.1) is 4.77 Å². The lowest BCUT2D eigenvalue weighted by molar-refractivity contribution is 0.303. The molecule has 6 nitrogen and oxygen atoms in total. The van der Waals surface area contributed by atoms with Crippen molar-refractivity contribution in [1.82, 2.24) is 14.9 Å². The van der Waals surface area contributed by atoms with Gasteiger partial charge in [0.25, 0.3) is 0 Å². The number of nitrogens with one attached hydrogen (secondary N) is 2. The number of H-pyrrole nitrogens is 1. The summed E-state index contributed by atoms with van der Waals surface area (Å²) in [6, 6.07) is 18.9. The predicted molar refractivity (Wildman–Crippen MR) is 137 cm³/mol. The van der Waals surface area contributed by atoms with E-state index < -0.39 is 0 Å². The second kappa shape index (κ2) is 10.6. The molecule has 4 rings (SSSR count). The molecule has 0 unspecified atom stereocenters. The van der Waals surface area contributed by atoms with E-state index in [0.717, 1.165) is 26.9 Å². The Hall–Kier alpha value is -2.52. The summed E-state index contributed by atoms with van der Waals surface area (Å²) in [5, 5.41) is 8.22. The highest BCUT2D eigenvalue weighted by atomic mass is 79.9. The zero-order chi connectivity index (χ0) is 23.4. The first kappa shape index (κ1) is 23.6.